The fraction of sp³-hybridized carbons (Fsp3) is 0.630. The SMILES string of the molecule is C=CC.CCCCCC(CCc1ccc(C(F)(F)F)c(Cl)c1)C1C=C(NCCN2CCOCC2)ON1. The minimum Gasteiger partial charge on any atom is -0.391 e. The van der Waals surface area contributed by atoms with Crippen LogP contribution in [0.4, 0.5) is 13.2 Å². The summed E-state index contributed by atoms with van der Waals surface area (Å²) < 4.78 is 44.3. The largest absolute Gasteiger partial charge is 0.417 e. The van der Waals surface area contributed by atoms with Gasteiger partial charge in [0.1, 0.15) is 0 Å². The van der Waals surface area contributed by atoms with Gasteiger partial charge in [0.15, 0.2) is 0 Å². The van der Waals surface area contributed by atoms with Crippen molar-refractivity contribution in [3.05, 3.63) is 59.0 Å². The second-order valence-corrected chi connectivity index (χ2v) is 9.58. The van der Waals surface area contributed by atoms with Gasteiger partial charge in [-0.05, 0) is 55.9 Å². The quantitative estimate of drug-likeness (QED) is 0.243. The number of morpholine rings is 1. The fourth-order valence-corrected chi connectivity index (χ4v) is 4.62. The first-order chi connectivity index (χ1) is 17.3. The highest BCUT2D eigenvalue weighted by Crippen LogP contribution is 2.35. The number of allylic oxidation sites excluding steroid dienone is 1. The average Bonchev–Trinajstić information content (AvgIpc) is 3.30. The minimum atomic E-state index is -4.43. The molecule has 1 aromatic rings. The van der Waals surface area contributed by atoms with Crippen LogP contribution < -0.4 is 10.8 Å². The van der Waals surface area contributed by atoms with E-state index in [1.807, 2.05) is 6.92 Å². The second-order valence-electron chi connectivity index (χ2n) is 9.17. The molecular weight excluding hydrogens is 491 g/mol. The van der Waals surface area contributed by atoms with E-state index in [0.717, 1.165) is 89.0 Å². The van der Waals surface area contributed by atoms with Gasteiger partial charge in [0.25, 0.3) is 0 Å². The number of ether oxygens (including phenoxy) is 1. The van der Waals surface area contributed by atoms with Crippen molar-refractivity contribution < 1.29 is 22.7 Å². The third-order valence-corrected chi connectivity index (χ3v) is 6.61. The molecule has 2 atom stereocenters. The summed E-state index contributed by atoms with van der Waals surface area (Å²) >= 11 is 5.90. The smallest absolute Gasteiger partial charge is 0.391 e. The topological polar surface area (TPSA) is 45.8 Å². The molecule has 9 heteroatoms. The number of nitrogens with one attached hydrogen (secondary N) is 2. The summed E-state index contributed by atoms with van der Waals surface area (Å²) in [6.45, 7) is 12.6. The molecule has 2 unspecified atom stereocenters. The second kappa shape index (κ2) is 16.2. The predicted octanol–water partition coefficient (Wildman–Crippen LogP) is 6.35. The molecule has 3 rings (SSSR count). The Labute approximate surface area is 219 Å². The normalized spacial score (nSPS) is 19.1. The highest BCUT2D eigenvalue weighted by molar-refractivity contribution is 6.31. The maximum atomic E-state index is 13.0. The number of halogens is 4. The lowest BCUT2D eigenvalue weighted by molar-refractivity contribution is -0.137. The molecule has 2 heterocycles. The average molecular weight is 532 g/mol. The number of hydroxylamine groups is 1. The lowest BCUT2D eigenvalue weighted by atomic mass is 9.88. The standard InChI is InChI=1S/C24H35ClF3N3O2.C3H6/c1-2-3-4-5-19(8-6-18-7-9-20(21(25)16-18)24(26,27)28)22-17-23(33-30-22)29-10-11-31-12-14-32-15-13-31;1-3-2/h7,9,16-17,19,22,29-30H,2-6,8,10-15H2,1H3;3H,1H2,2H3. The molecule has 2 aliphatic rings. The first-order valence-corrected chi connectivity index (χ1v) is 13.3. The van der Waals surface area contributed by atoms with Gasteiger partial charge in [-0.15, -0.1) is 12.1 Å². The van der Waals surface area contributed by atoms with E-state index in [2.05, 4.69) is 35.3 Å². The molecule has 2 aliphatic heterocycles. The lowest BCUT2D eigenvalue weighted by Crippen LogP contribution is -2.40. The van der Waals surface area contributed by atoms with E-state index in [9.17, 15) is 13.2 Å². The number of nitrogens with zero attached hydrogens (tertiary/aromatic N) is 1. The molecule has 0 amide bonds. The van der Waals surface area contributed by atoms with E-state index in [1.54, 1.807) is 6.08 Å². The molecule has 0 spiro atoms. The first-order valence-electron chi connectivity index (χ1n) is 12.9. The Balaban J connectivity index is 0.00000145. The summed E-state index contributed by atoms with van der Waals surface area (Å²) in [5.41, 5.74) is 3.17. The maximum Gasteiger partial charge on any atom is 0.417 e. The molecule has 1 fully saturated rings. The van der Waals surface area contributed by atoms with E-state index in [4.69, 9.17) is 21.2 Å². The van der Waals surface area contributed by atoms with Gasteiger partial charge in [-0.25, -0.2) is 0 Å². The first kappa shape index (κ1) is 30.5. The third kappa shape index (κ3) is 10.7. The van der Waals surface area contributed by atoms with Gasteiger partial charge in [0.05, 0.1) is 29.8 Å². The number of hydrogen-bond donors (Lipinski definition) is 2. The minimum absolute atomic E-state index is 0.0673. The summed E-state index contributed by atoms with van der Waals surface area (Å²) in [4.78, 5) is 8.04. The van der Waals surface area contributed by atoms with Gasteiger partial charge in [-0.3, -0.25) is 4.90 Å². The van der Waals surface area contributed by atoms with Crippen molar-refractivity contribution in [2.45, 2.75) is 64.6 Å². The summed E-state index contributed by atoms with van der Waals surface area (Å²) in [7, 11) is 0. The Hall–Kier alpha value is -1.74. The van der Waals surface area contributed by atoms with Crippen LogP contribution in [0.1, 0.15) is 57.1 Å². The predicted molar refractivity (Wildman–Crippen MR) is 140 cm³/mol. The monoisotopic (exact) mass is 531 g/mol. The summed E-state index contributed by atoms with van der Waals surface area (Å²) in [5.74, 6) is 1.06. The van der Waals surface area contributed by atoms with Gasteiger partial charge < -0.3 is 14.9 Å². The molecule has 1 aromatic carbocycles. The van der Waals surface area contributed by atoms with Crippen LogP contribution in [-0.2, 0) is 22.2 Å². The number of hydrogen-bond acceptors (Lipinski definition) is 5. The van der Waals surface area contributed by atoms with Gasteiger partial charge in [0.2, 0.25) is 5.88 Å². The summed E-state index contributed by atoms with van der Waals surface area (Å²) in [6.07, 6.45) is 5.35. The van der Waals surface area contributed by atoms with E-state index in [0.29, 0.717) is 12.3 Å². The summed E-state index contributed by atoms with van der Waals surface area (Å²) in [5, 5.41) is 3.11. The number of aryl methyl sites for hydroxylation is 1. The molecule has 5 nitrogen and oxygen atoms in total. The van der Waals surface area contributed by atoms with Crippen molar-refractivity contribution >= 4 is 11.6 Å². The number of benzene rings is 1. The maximum absolute atomic E-state index is 13.0. The van der Waals surface area contributed by atoms with Gasteiger partial charge >= 0.3 is 6.18 Å². The Morgan fingerprint density at radius 3 is 2.61 bits per heavy atom. The van der Waals surface area contributed by atoms with Gasteiger partial charge in [-0.1, -0.05) is 49.9 Å². The van der Waals surface area contributed by atoms with Gasteiger partial charge in [0, 0.05) is 26.2 Å². The van der Waals surface area contributed by atoms with Crippen molar-refractivity contribution in [3.8, 4) is 0 Å². The van der Waals surface area contributed by atoms with Crippen molar-refractivity contribution in [3.63, 3.8) is 0 Å². The Kier molecular flexibility index (Phi) is 13.7. The molecule has 0 saturated carbocycles. The Morgan fingerprint density at radius 2 is 1.97 bits per heavy atom. The highest BCUT2D eigenvalue weighted by Gasteiger charge is 2.33. The molecule has 0 radical (unpaired) electrons. The van der Waals surface area contributed by atoms with Crippen LogP contribution in [0.2, 0.25) is 5.02 Å². The van der Waals surface area contributed by atoms with E-state index < -0.39 is 11.7 Å². The summed E-state index contributed by atoms with van der Waals surface area (Å²) in [6, 6.07) is 4.13. The molecule has 0 bridgehead atoms. The van der Waals surface area contributed by atoms with Crippen LogP contribution in [0.25, 0.3) is 0 Å². The van der Waals surface area contributed by atoms with E-state index >= 15 is 0 Å². The zero-order valence-electron chi connectivity index (χ0n) is 21.5. The van der Waals surface area contributed by atoms with Crippen molar-refractivity contribution in [1.29, 1.82) is 0 Å². The van der Waals surface area contributed by atoms with Crippen molar-refractivity contribution in [2.75, 3.05) is 39.4 Å². The molecule has 36 heavy (non-hydrogen) atoms. The van der Waals surface area contributed by atoms with E-state index in [-0.39, 0.29) is 11.1 Å². The molecule has 0 aromatic heterocycles. The van der Waals surface area contributed by atoms with E-state index in [1.165, 1.54) is 12.1 Å². The fourth-order valence-electron chi connectivity index (χ4n) is 4.31. The lowest BCUT2D eigenvalue weighted by Gasteiger charge is -2.26. The molecule has 204 valence electrons. The van der Waals surface area contributed by atoms with Gasteiger partial charge in [-0.2, -0.15) is 13.2 Å². The van der Waals surface area contributed by atoms with Crippen LogP contribution in [-0.4, -0.2) is 50.3 Å². The van der Waals surface area contributed by atoms with Crippen LogP contribution in [0.3, 0.4) is 0 Å². The van der Waals surface area contributed by atoms with Crippen molar-refractivity contribution in [1.82, 2.24) is 15.7 Å². The van der Waals surface area contributed by atoms with Crippen LogP contribution in [0, 0.1) is 5.92 Å². The Morgan fingerprint density at radius 1 is 1.25 bits per heavy atom. The highest BCUT2D eigenvalue weighted by atomic mass is 35.5. The van der Waals surface area contributed by atoms with Crippen LogP contribution in [0.15, 0.2) is 42.8 Å². The number of unbranched alkanes of at least 4 members (excludes halogenated alkanes) is 2. The van der Waals surface area contributed by atoms with Crippen molar-refractivity contribution in [2.24, 2.45) is 5.92 Å². The number of alkyl halides is 3. The van der Waals surface area contributed by atoms with Crippen LogP contribution >= 0.6 is 11.6 Å². The molecule has 1 saturated heterocycles. The third-order valence-electron chi connectivity index (χ3n) is 6.30. The number of rotatable bonds is 12. The zero-order valence-corrected chi connectivity index (χ0v) is 22.3. The molecule has 2 N–H and O–H groups in total. The Bertz CT molecular complexity index is 814. The molecule has 0 aliphatic carbocycles. The molecular formula is C27H41ClF3N3O2. The zero-order chi connectivity index (χ0) is 26.4. The van der Waals surface area contributed by atoms with Crippen LogP contribution in [0.5, 0.6) is 0 Å².